The van der Waals surface area contributed by atoms with Crippen molar-refractivity contribution in [3.8, 4) is 16.5 Å². The molecule has 3 aromatic rings. The number of sulfonamides is 1. The van der Waals surface area contributed by atoms with Crippen molar-refractivity contribution in [1.29, 1.82) is 0 Å². The largest absolute Gasteiger partial charge is 0.494 e. The van der Waals surface area contributed by atoms with Crippen LogP contribution in [0.5, 0.6) is 5.75 Å². The van der Waals surface area contributed by atoms with Gasteiger partial charge in [-0.2, -0.15) is 9.29 Å². The highest BCUT2D eigenvalue weighted by atomic mass is 32.2. The molecule has 0 amide bonds. The lowest BCUT2D eigenvalue weighted by atomic mass is 9.98. The number of hydrogen-bond acceptors (Lipinski definition) is 7. The quantitative estimate of drug-likeness (QED) is 0.603. The third-order valence-corrected chi connectivity index (χ3v) is 7.86. The molecule has 1 aliphatic heterocycles. The first kappa shape index (κ1) is 20.0. The minimum Gasteiger partial charge on any atom is -0.494 e. The van der Waals surface area contributed by atoms with Crippen LogP contribution in [-0.2, 0) is 10.0 Å². The summed E-state index contributed by atoms with van der Waals surface area (Å²) in [5, 5.41) is 4.06. The first-order chi connectivity index (χ1) is 13.9. The number of aromatic nitrogens is 2. The Labute approximate surface area is 172 Å². The maximum atomic E-state index is 13.9. The number of ether oxygens (including phenoxy) is 1. The molecule has 29 heavy (non-hydrogen) atoms. The van der Waals surface area contributed by atoms with Crippen molar-refractivity contribution in [3.05, 3.63) is 46.9 Å². The second-order valence-corrected chi connectivity index (χ2v) is 10.1. The van der Waals surface area contributed by atoms with Crippen molar-refractivity contribution < 1.29 is 22.1 Å². The number of methoxy groups -OCH3 is 1. The average Bonchev–Trinajstić information content (AvgIpc) is 3.37. The van der Waals surface area contributed by atoms with Gasteiger partial charge in [-0.1, -0.05) is 5.16 Å². The zero-order chi connectivity index (χ0) is 20.6. The molecule has 1 saturated heterocycles. The molecule has 1 fully saturated rings. The first-order valence-electron chi connectivity index (χ1n) is 9.12. The molecular formula is C19H20FN3O4S2. The third-order valence-electron chi connectivity index (χ3n) is 4.97. The van der Waals surface area contributed by atoms with Gasteiger partial charge < -0.3 is 9.26 Å². The molecule has 154 valence electrons. The lowest BCUT2D eigenvalue weighted by molar-refractivity contribution is 0.270. The molecule has 0 atom stereocenters. The van der Waals surface area contributed by atoms with Crippen molar-refractivity contribution in [1.82, 2.24) is 14.4 Å². The number of aryl methyl sites for hydroxylation is 1. The van der Waals surface area contributed by atoms with Crippen LogP contribution in [0.25, 0.3) is 10.7 Å². The van der Waals surface area contributed by atoms with Crippen LogP contribution < -0.4 is 4.74 Å². The van der Waals surface area contributed by atoms with Crippen LogP contribution in [0.1, 0.15) is 29.5 Å². The molecule has 0 bridgehead atoms. The molecule has 0 N–H and O–H groups in total. The van der Waals surface area contributed by atoms with Gasteiger partial charge in [-0.05, 0) is 50.1 Å². The number of hydrogen-bond donors (Lipinski definition) is 0. The van der Waals surface area contributed by atoms with E-state index < -0.39 is 15.8 Å². The summed E-state index contributed by atoms with van der Waals surface area (Å²) >= 11 is 1.59. The smallest absolute Gasteiger partial charge is 0.243 e. The standard InChI is InChI=1S/C19H20FN3O4S2/c1-12-3-6-17(28-12)18-21-19(27-22-18)13-7-9-23(10-8-13)29(24,25)14-4-5-16(26-2)15(20)11-14/h3-6,11,13H,7-10H2,1-2H3. The summed E-state index contributed by atoms with van der Waals surface area (Å²) in [5.41, 5.74) is 0. The molecule has 1 aliphatic rings. The fourth-order valence-electron chi connectivity index (χ4n) is 3.36. The predicted octanol–water partition coefficient (Wildman–Crippen LogP) is 3.82. The Morgan fingerprint density at radius 2 is 2.00 bits per heavy atom. The summed E-state index contributed by atoms with van der Waals surface area (Å²) in [7, 11) is -2.44. The number of benzene rings is 1. The Morgan fingerprint density at radius 1 is 1.24 bits per heavy atom. The number of piperidine rings is 1. The Morgan fingerprint density at radius 3 is 2.62 bits per heavy atom. The predicted molar refractivity (Wildman–Crippen MR) is 106 cm³/mol. The van der Waals surface area contributed by atoms with E-state index in [0.717, 1.165) is 10.9 Å². The SMILES string of the molecule is COc1ccc(S(=O)(=O)N2CCC(c3nc(-c4ccc(C)s4)no3)CC2)cc1F. The lowest BCUT2D eigenvalue weighted by Gasteiger charge is -2.29. The van der Waals surface area contributed by atoms with E-state index in [0.29, 0.717) is 37.6 Å². The van der Waals surface area contributed by atoms with E-state index in [1.165, 1.54) is 28.4 Å². The third kappa shape index (κ3) is 3.92. The number of halogens is 1. The van der Waals surface area contributed by atoms with Gasteiger partial charge in [-0.15, -0.1) is 11.3 Å². The summed E-state index contributed by atoms with van der Waals surface area (Å²) in [4.78, 5) is 6.52. The molecule has 0 unspecified atom stereocenters. The van der Waals surface area contributed by atoms with Crippen molar-refractivity contribution >= 4 is 21.4 Å². The van der Waals surface area contributed by atoms with Crippen LogP contribution in [0.2, 0.25) is 0 Å². The zero-order valence-corrected chi connectivity index (χ0v) is 17.6. The van der Waals surface area contributed by atoms with E-state index in [1.54, 1.807) is 11.3 Å². The molecule has 7 nitrogen and oxygen atoms in total. The van der Waals surface area contributed by atoms with E-state index in [2.05, 4.69) is 10.1 Å². The van der Waals surface area contributed by atoms with Crippen LogP contribution in [0, 0.1) is 12.7 Å². The van der Waals surface area contributed by atoms with Gasteiger partial charge in [-0.25, -0.2) is 12.8 Å². The van der Waals surface area contributed by atoms with Gasteiger partial charge in [0.15, 0.2) is 11.6 Å². The highest BCUT2D eigenvalue weighted by Crippen LogP contribution is 2.33. The van der Waals surface area contributed by atoms with Crippen LogP contribution in [0.4, 0.5) is 4.39 Å². The van der Waals surface area contributed by atoms with E-state index in [-0.39, 0.29) is 16.6 Å². The normalized spacial score (nSPS) is 16.2. The van der Waals surface area contributed by atoms with Crippen LogP contribution >= 0.6 is 11.3 Å². The van der Waals surface area contributed by atoms with E-state index in [1.807, 2.05) is 19.1 Å². The summed E-state index contributed by atoms with van der Waals surface area (Å²) in [6.45, 7) is 2.62. The van der Waals surface area contributed by atoms with Gasteiger partial charge in [-0.3, -0.25) is 0 Å². The van der Waals surface area contributed by atoms with Crippen LogP contribution in [-0.4, -0.2) is 43.1 Å². The summed E-state index contributed by atoms with van der Waals surface area (Å²) in [6.07, 6.45) is 1.12. The first-order valence-corrected chi connectivity index (χ1v) is 11.4. The molecule has 3 heterocycles. The second kappa shape index (κ2) is 7.85. The van der Waals surface area contributed by atoms with Crippen molar-refractivity contribution in [2.45, 2.75) is 30.6 Å². The molecule has 10 heteroatoms. The molecule has 0 radical (unpaired) electrons. The molecule has 4 rings (SSSR count). The topological polar surface area (TPSA) is 85.5 Å². The molecule has 2 aromatic heterocycles. The fourth-order valence-corrected chi connectivity index (χ4v) is 5.63. The van der Waals surface area contributed by atoms with Crippen molar-refractivity contribution in [3.63, 3.8) is 0 Å². The second-order valence-electron chi connectivity index (χ2n) is 6.84. The molecular weight excluding hydrogens is 417 g/mol. The Kier molecular flexibility index (Phi) is 5.41. The highest BCUT2D eigenvalue weighted by molar-refractivity contribution is 7.89. The average molecular weight is 438 g/mol. The van der Waals surface area contributed by atoms with Gasteiger partial charge in [0, 0.05) is 23.9 Å². The highest BCUT2D eigenvalue weighted by Gasteiger charge is 2.32. The Bertz CT molecular complexity index is 1120. The van der Waals surface area contributed by atoms with Gasteiger partial charge in [0.05, 0.1) is 16.9 Å². The molecule has 0 saturated carbocycles. The minimum atomic E-state index is -3.78. The number of thiophene rings is 1. The summed E-state index contributed by atoms with van der Waals surface area (Å²) in [6, 6.07) is 7.63. The summed E-state index contributed by atoms with van der Waals surface area (Å²) in [5.74, 6) is 0.387. The van der Waals surface area contributed by atoms with E-state index in [9.17, 15) is 12.8 Å². The van der Waals surface area contributed by atoms with Gasteiger partial charge in [0.25, 0.3) is 0 Å². The van der Waals surface area contributed by atoms with E-state index in [4.69, 9.17) is 9.26 Å². The molecule has 0 aliphatic carbocycles. The summed E-state index contributed by atoms with van der Waals surface area (Å²) < 4.78 is 51.3. The Balaban J connectivity index is 1.45. The zero-order valence-electron chi connectivity index (χ0n) is 16.0. The molecule has 1 aromatic carbocycles. The van der Waals surface area contributed by atoms with Crippen LogP contribution in [0.3, 0.4) is 0 Å². The molecule has 0 spiro atoms. The van der Waals surface area contributed by atoms with Gasteiger partial charge in [0.2, 0.25) is 21.7 Å². The fraction of sp³-hybridized carbons (Fsp3) is 0.368. The maximum absolute atomic E-state index is 13.9. The van der Waals surface area contributed by atoms with Crippen molar-refractivity contribution in [2.75, 3.05) is 20.2 Å². The van der Waals surface area contributed by atoms with Crippen molar-refractivity contribution in [2.24, 2.45) is 0 Å². The Hall–Kier alpha value is -2.30. The van der Waals surface area contributed by atoms with E-state index >= 15 is 0 Å². The maximum Gasteiger partial charge on any atom is 0.243 e. The number of nitrogens with zero attached hydrogens (tertiary/aromatic N) is 3. The van der Waals surface area contributed by atoms with Gasteiger partial charge in [0.1, 0.15) is 0 Å². The minimum absolute atomic E-state index is 0.00337. The lowest BCUT2D eigenvalue weighted by Crippen LogP contribution is -2.38. The monoisotopic (exact) mass is 437 g/mol. The number of rotatable bonds is 5. The van der Waals surface area contributed by atoms with Crippen LogP contribution in [0.15, 0.2) is 39.8 Å². The van der Waals surface area contributed by atoms with Gasteiger partial charge >= 0.3 is 0 Å².